The molecule has 0 saturated heterocycles. The number of anilines is 2. The quantitative estimate of drug-likeness (QED) is 0.549. The van der Waals surface area contributed by atoms with Gasteiger partial charge >= 0.3 is 0 Å². The summed E-state index contributed by atoms with van der Waals surface area (Å²) in [6.45, 7) is 0.611. The molecule has 3 aromatic rings. The van der Waals surface area contributed by atoms with Crippen LogP contribution in [0.3, 0.4) is 0 Å². The number of hydrogen-bond donors (Lipinski definition) is 3. The highest BCUT2D eigenvalue weighted by Crippen LogP contribution is 2.17. The van der Waals surface area contributed by atoms with E-state index in [1.165, 1.54) is 0 Å². The highest BCUT2D eigenvalue weighted by molar-refractivity contribution is 5.98. The Labute approximate surface area is 169 Å². The fourth-order valence-electron chi connectivity index (χ4n) is 2.68. The molecule has 0 atom stereocenters. The second kappa shape index (κ2) is 9.94. The number of carbonyl (C=O) groups excluding carboxylic acids is 2. The summed E-state index contributed by atoms with van der Waals surface area (Å²) in [5.74, 6) is 0.354. The van der Waals surface area contributed by atoms with Gasteiger partial charge in [0.15, 0.2) is 0 Å². The number of nitrogens with one attached hydrogen (secondary N) is 3. The third-order valence-corrected chi connectivity index (χ3v) is 4.19. The van der Waals surface area contributed by atoms with Gasteiger partial charge in [-0.05, 0) is 48.0 Å². The third kappa shape index (κ3) is 6.10. The number of amides is 2. The second-order valence-electron chi connectivity index (χ2n) is 6.36. The van der Waals surface area contributed by atoms with Crippen LogP contribution in [0.4, 0.5) is 11.4 Å². The van der Waals surface area contributed by atoms with Crippen molar-refractivity contribution in [2.24, 2.45) is 0 Å². The van der Waals surface area contributed by atoms with Gasteiger partial charge in [0.05, 0.1) is 6.54 Å². The van der Waals surface area contributed by atoms with Crippen LogP contribution in [0.2, 0.25) is 0 Å². The van der Waals surface area contributed by atoms with Crippen molar-refractivity contribution in [2.45, 2.75) is 6.61 Å². The van der Waals surface area contributed by atoms with Crippen LogP contribution in [0.15, 0.2) is 78.9 Å². The fourth-order valence-corrected chi connectivity index (χ4v) is 2.68. The minimum absolute atomic E-state index is 0.106. The van der Waals surface area contributed by atoms with E-state index in [-0.39, 0.29) is 18.4 Å². The molecule has 2 amide bonds. The van der Waals surface area contributed by atoms with Gasteiger partial charge in [-0.2, -0.15) is 0 Å². The van der Waals surface area contributed by atoms with Gasteiger partial charge in [-0.25, -0.2) is 0 Å². The molecule has 6 heteroatoms. The monoisotopic (exact) mass is 389 g/mol. The Morgan fingerprint density at radius 2 is 1.62 bits per heavy atom. The van der Waals surface area contributed by atoms with Crippen molar-refractivity contribution in [1.82, 2.24) is 5.32 Å². The van der Waals surface area contributed by atoms with E-state index in [9.17, 15) is 9.59 Å². The van der Waals surface area contributed by atoms with Crippen LogP contribution in [-0.4, -0.2) is 25.4 Å². The number of rotatable bonds is 8. The van der Waals surface area contributed by atoms with Crippen molar-refractivity contribution in [3.8, 4) is 5.75 Å². The Bertz CT molecular complexity index is 957. The molecule has 3 aromatic carbocycles. The second-order valence-corrected chi connectivity index (χ2v) is 6.36. The van der Waals surface area contributed by atoms with Crippen LogP contribution in [-0.2, 0) is 11.4 Å². The van der Waals surface area contributed by atoms with Gasteiger partial charge in [-0.1, -0.05) is 36.4 Å². The summed E-state index contributed by atoms with van der Waals surface area (Å²) in [6.07, 6.45) is 0. The van der Waals surface area contributed by atoms with Crippen LogP contribution >= 0.6 is 0 Å². The van der Waals surface area contributed by atoms with Gasteiger partial charge in [0.25, 0.3) is 5.91 Å². The van der Waals surface area contributed by atoms with E-state index in [4.69, 9.17) is 4.74 Å². The van der Waals surface area contributed by atoms with Gasteiger partial charge in [0.2, 0.25) is 5.91 Å². The zero-order valence-electron chi connectivity index (χ0n) is 16.1. The molecule has 3 N–H and O–H groups in total. The molecule has 29 heavy (non-hydrogen) atoms. The van der Waals surface area contributed by atoms with Crippen LogP contribution in [0, 0.1) is 0 Å². The lowest BCUT2D eigenvalue weighted by atomic mass is 10.2. The first kappa shape index (κ1) is 19.9. The Morgan fingerprint density at radius 1 is 0.862 bits per heavy atom. The summed E-state index contributed by atoms with van der Waals surface area (Å²) in [5, 5.41) is 8.40. The zero-order valence-corrected chi connectivity index (χ0v) is 16.1. The zero-order chi connectivity index (χ0) is 20.5. The van der Waals surface area contributed by atoms with E-state index < -0.39 is 0 Å². The maximum Gasteiger partial charge on any atom is 0.251 e. The molecule has 0 aliphatic carbocycles. The minimum Gasteiger partial charge on any atom is -0.489 e. The maximum absolute atomic E-state index is 12.2. The minimum atomic E-state index is -0.205. The highest BCUT2D eigenvalue weighted by Gasteiger charge is 2.06. The predicted molar refractivity (Wildman–Crippen MR) is 114 cm³/mol. The Balaban J connectivity index is 1.47. The number of hydrogen-bond acceptors (Lipinski definition) is 4. The third-order valence-electron chi connectivity index (χ3n) is 4.19. The van der Waals surface area contributed by atoms with Gasteiger partial charge in [0.1, 0.15) is 12.4 Å². The van der Waals surface area contributed by atoms with E-state index in [2.05, 4.69) is 16.0 Å². The maximum atomic E-state index is 12.2. The van der Waals surface area contributed by atoms with Crippen LogP contribution in [0.5, 0.6) is 5.75 Å². The summed E-state index contributed by atoms with van der Waals surface area (Å²) in [6, 6.07) is 24.2. The average molecular weight is 389 g/mol. The van der Waals surface area contributed by atoms with Gasteiger partial charge < -0.3 is 20.7 Å². The molecule has 0 unspecified atom stereocenters. The van der Waals surface area contributed by atoms with Crippen molar-refractivity contribution < 1.29 is 14.3 Å². The first-order chi connectivity index (χ1) is 14.1. The van der Waals surface area contributed by atoms with Crippen LogP contribution in [0.1, 0.15) is 15.9 Å². The predicted octanol–water partition coefficient (Wildman–Crippen LogP) is 3.68. The van der Waals surface area contributed by atoms with Crippen molar-refractivity contribution in [2.75, 3.05) is 24.2 Å². The lowest BCUT2D eigenvalue weighted by Crippen LogP contribution is -2.22. The van der Waals surface area contributed by atoms with E-state index >= 15 is 0 Å². The Hall–Kier alpha value is -3.80. The number of ether oxygens (including phenoxy) is 1. The van der Waals surface area contributed by atoms with Crippen molar-refractivity contribution in [1.29, 1.82) is 0 Å². The standard InChI is InChI=1S/C23H23N3O3/c1-24-23(28)18-8-5-9-20(14-18)26-22(27)15-25-19-10-12-21(13-11-19)29-16-17-6-3-2-4-7-17/h2-14,25H,15-16H2,1H3,(H,24,28)(H,26,27). The summed E-state index contributed by atoms with van der Waals surface area (Å²) in [4.78, 5) is 23.8. The van der Waals surface area contributed by atoms with E-state index in [1.54, 1.807) is 31.3 Å². The molecule has 0 aliphatic heterocycles. The fraction of sp³-hybridized carbons (Fsp3) is 0.130. The molecular weight excluding hydrogens is 366 g/mol. The van der Waals surface area contributed by atoms with Gasteiger partial charge in [-0.3, -0.25) is 9.59 Å². The van der Waals surface area contributed by atoms with Crippen LogP contribution < -0.4 is 20.7 Å². The molecule has 0 fully saturated rings. The number of benzene rings is 3. The van der Waals surface area contributed by atoms with Crippen molar-refractivity contribution in [3.63, 3.8) is 0 Å². The van der Waals surface area contributed by atoms with Crippen LogP contribution in [0.25, 0.3) is 0 Å². The first-order valence-corrected chi connectivity index (χ1v) is 9.27. The van der Waals surface area contributed by atoms with E-state index in [0.29, 0.717) is 17.9 Å². The lowest BCUT2D eigenvalue weighted by Gasteiger charge is -2.10. The molecule has 6 nitrogen and oxygen atoms in total. The molecule has 0 aliphatic rings. The van der Waals surface area contributed by atoms with Crippen molar-refractivity contribution in [3.05, 3.63) is 90.0 Å². The Kier molecular flexibility index (Phi) is 6.84. The smallest absolute Gasteiger partial charge is 0.251 e. The summed E-state index contributed by atoms with van der Waals surface area (Å²) >= 11 is 0. The summed E-state index contributed by atoms with van der Waals surface area (Å²) < 4.78 is 5.75. The average Bonchev–Trinajstić information content (AvgIpc) is 2.77. The number of carbonyl (C=O) groups is 2. The molecular formula is C23H23N3O3. The first-order valence-electron chi connectivity index (χ1n) is 9.27. The SMILES string of the molecule is CNC(=O)c1cccc(NC(=O)CNc2ccc(OCc3ccccc3)cc2)c1. The molecule has 0 radical (unpaired) electrons. The summed E-state index contributed by atoms with van der Waals surface area (Å²) in [7, 11) is 1.56. The topological polar surface area (TPSA) is 79.5 Å². The molecule has 0 aromatic heterocycles. The molecule has 148 valence electrons. The van der Waals surface area contributed by atoms with Crippen molar-refractivity contribution >= 4 is 23.2 Å². The van der Waals surface area contributed by atoms with Gasteiger partial charge in [-0.15, -0.1) is 0 Å². The summed E-state index contributed by atoms with van der Waals surface area (Å²) in [5.41, 5.74) is 2.98. The van der Waals surface area contributed by atoms with E-state index in [1.807, 2.05) is 54.6 Å². The molecule has 0 bridgehead atoms. The molecule has 0 saturated carbocycles. The normalized spacial score (nSPS) is 10.1. The Morgan fingerprint density at radius 3 is 2.34 bits per heavy atom. The highest BCUT2D eigenvalue weighted by atomic mass is 16.5. The molecule has 3 rings (SSSR count). The lowest BCUT2D eigenvalue weighted by molar-refractivity contribution is -0.114. The molecule has 0 heterocycles. The van der Waals surface area contributed by atoms with Gasteiger partial charge in [0, 0.05) is 24.0 Å². The largest absolute Gasteiger partial charge is 0.489 e. The van der Waals surface area contributed by atoms with E-state index in [0.717, 1.165) is 17.0 Å². The molecule has 0 spiro atoms.